The first kappa shape index (κ1) is 17.4. The molecule has 0 aliphatic rings. The minimum atomic E-state index is -0.692. The summed E-state index contributed by atoms with van der Waals surface area (Å²) in [5, 5.41) is 26.5. The van der Waals surface area contributed by atoms with E-state index in [0.29, 0.717) is 22.5 Å². The highest BCUT2D eigenvalue weighted by atomic mass is 16.6. The molecule has 0 saturated carbocycles. The SMILES string of the molecule is O=[N+]([O-])c1ccccc1C(Nc1ccccn1)c1ccc2cccnc2c1O. The topological polar surface area (TPSA) is 101 Å². The molecule has 138 valence electrons. The number of nitrogens with zero attached hydrogens (tertiary/aromatic N) is 3. The van der Waals surface area contributed by atoms with E-state index in [1.54, 1.807) is 54.9 Å². The minimum absolute atomic E-state index is 0.0234. The Morgan fingerprint density at radius 3 is 2.46 bits per heavy atom. The van der Waals surface area contributed by atoms with E-state index in [4.69, 9.17) is 0 Å². The summed E-state index contributed by atoms with van der Waals surface area (Å²) in [7, 11) is 0. The standard InChI is InChI=1S/C21H16N4O3/c26-21-16(11-10-14-6-5-13-23-19(14)21)20(24-18-9-3-4-12-22-18)15-7-1-2-8-17(15)25(27)28/h1-13,20,26H,(H,22,24). The molecule has 0 saturated heterocycles. The van der Waals surface area contributed by atoms with Gasteiger partial charge in [0.15, 0.2) is 0 Å². The number of rotatable bonds is 5. The van der Waals surface area contributed by atoms with Gasteiger partial charge in [-0.1, -0.05) is 36.4 Å². The van der Waals surface area contributed by atoms with E-state index in [1.165, 1.54) is 6.07 Å². The molecule has 28 heavy (non-hydrogen) atoms. The third-order valence-corrected chi connectivity index (χ3v) is 4.49. The van der Waals surface area contributed by atoms with Crippen LogP contribution in [0.15, 0.2) is 79.1 Å². The molecule has 0 amide bonds. The predicted octanol–water partition coefficient (Wildman–Crippen LogP) is 4.45. The van der Waals surface area contributed by atoms with Crippen LogP contribution in [-0.4, -0.2) is 20.0 Å². The van der Waals surface area contributed by atoms with Gasteiger partial charge in [-0.2, -0.15) is 0 Å². The van der Waals surface area contributed by atoms with E-state index >= 15 is 0 Å². The van der Waals surface area contributed by atoms with E-state index in [2.05, 4.69) is 15.3 Å². The minimum Gasteiger partial charge on any atom is -0.505 e. The molecule has 0 aliphatic heterocycles. The summed E-state index contributed by atoms with van der Waals surface area (Å²) in [5.74, 6) is 0.510. The van der Waals surface area contributed by atoms with Crippen LogP contribution in [0.3, 0.4) is 0 Å². The maximum atomic E-state index is 11.6. The molecule has 4 rings (SSSR count). The summed E-state index contributed by atoms with van der Waals surface area (Å²) in [6, 6.07) is 18.3. The van der Waals surface area contributed by atoms with Crippen molar-refractivity contribution in [2.75, 3.05) is 5.32 Å². The molecule has 0 radical (unpaired) electrons. The highest BCUT2D eigenvalue weighted by molar-refractivity contribution is 5.86. The van der Waals surface area contributed by atoms with Crippen LogP contribution >= 0.6 is 0 Å². The van der Waals surface area contributed by atoms with Crippen molar-refractivity contribution < 1.29 is 10.0 Å². The van der Waals surface area contributed by atoms with Gasteiger partial charge in [0.05, 0.1) is 16.5 Å². The summed E-state index contributed by atoms with van der Waals surface area (Å²) < 4.78 is 0. The number of phenolic OH excluding ortho intramolecular Hbond substituents is 1. The molecule has 4 aromatic rings. The molecule has 7 heteroatoms. The molecule has 2 aromatic carbocycles. The second-order valence-electron chi connectivity index (χ2n) is 6.19. The van der Waals surface area contributed by atoms with E-state index in [9.17, 15) is 15.2 Å². The Morgan fingerprint density at radius 2 is 1.68 bits per heavy atom. The zero-order chi connectivity index (χ0) is 19.5. The first-order valence-electron chi connectivity index (χ1n) is 8.62. The Bertz CT molecular complexity index is 1150. The van der Waals surface area contributed by atoms with Crippen LogP contribution in [0.2, 0.25) is 0 Å². The van der Waals surface area contributed by atoms with E-state index in [1.807, 2.05) is 18.2 Å². The number of aromatic nitrogens is 2. The molecular weight excluding hydrogens is 356 g/mol. The van der Waals surface area contributed by atoms with Crippen LogP contribution in [-0.2, 0) is 0 Å². The molecule has 1 unspecified atom stereocenters. The van der Waals surface area contributed by atoms with Crippen LogP contribution in [0.4, 0.5) is 11.5 Å². The molecule has 0 bridgehead atoms. The van der Waals surface area contributed by atoms with Crippen molar-refractivity contribution in [3.63, 3.8) is 0 Å². The highest BCUT2D eigenvalue weighted by Gasteiger charge is 2.26. The smallest absolute Gasteiger partial charge is 0.275 e. The van der Waals surface area contributed by atoms with Crippen molar-refractivity contribution in [3.8, 4) is 5.75 Å². The fourth-order valence-electron chi connectivity index (χ4n) is 3.20. The quantitative estimate of drug-likeness (QED) is 0.397. The summed E-state index contributed by atoms with van der Waals surface area (Å²) in [6.07, 6.45) is 3.22. The zero-order valence-corrected chi connectivity index (χ0v) is 14.7. The van der Waals surface area contributed by atoms with Crippen LogP contribution in [0.5, 0.6) is 5.75 Å². The number of fused-ring (bicyclic) bond motifs is 1. The van der Waals surface area contributed by atoms with Crippen molar-refractivity contribution in [3.05, 3.63) is 100 Å². The van der Waals surface area contributed by atoms with Crippen molar-refractivity contribution in [2.24, 2.45) is 0 Å². The Kier molecular flexibility index (Phi) is 4.55. The van der Waals surface area contributed by atoms with Gasteiger partial charge >= 0.3 is 0 Å². The molecule has 0 fully saturated rings. The second-order valence-corrected chi connectivity index (χ2v) is 6.19. The Morgan fingerprint density at radius 1 is 0.893 bits per heavy atom. The number of phenols is 1. The summed E-state index contributed by atoms with van der Waals surface area (Å²) >= 11 is 0. The zero-order valence-electron chi connectivity index (χ0n) is 14.7. The predicted molar refractivity (Wildman–Crippen MR) is 106 cm³/mol. The monoisotopic (exact) mass is 372 g/mol. The number of anilines is 1. The molecule has 7 nitrogen and oxygen atoms in total. The van der Waals surface area contributed by atoms with Crippen molar-refractivity contribution in [1.82, 2.24) is 9.97 Å². The average molecular weight is 372 g/mol. The first-order chi connectivity index (χ1) is 13.6. The third kappa shape index (κ3) is 3.21. The fraction of sp³-hybridized carbons (Fsp3) is 0.0476. The Hall–Kier alpha value is -4.00. The number of pyridine rings is 2. The van der Waals surface area contributed by atoms with Crippen molar-refractivity contribution in [1.29, 1.82) is 0 Å². The average Bonchev–Trinajstić information content (AvgIpc) is 2.74. The Balaban J connectivity index is 1.92. The lowest BCUT2D eigenvalue weighted by Crippen LogP contribution is -2.15. The summed E-state index contributed by atoms with van der Waals surface area (Å²) in [4.78, 5) is 19.7. The van der Waals surface area contributed by atoms with Gasteiger partial charge in [-0.15, -0.1) is 0 Å². The normalized spacial score (nSPS) is 11.9. The maximum Gasteiger partial charge on any atom is 0.275 e. The molecule has 2 heterocycles. The molecule has 2 aromatic heterocycles. The van der Waals surface area contributed by atoms with Crippen molar-refractivity contribution >= 4 is 22.4 Å². The Labute approximate surface area is 160 Å². The first-order valence-corrected chi connectivity index (χ1v) is 8.62. The largest absolute Gasteiger partial charge is 0.505 e. The lowest BCUT2D eigenvalue weighted by molar-refractivity contribution is -0.385. The molecule has 1 atom stereocenters. The van der Waals surface area contributed by atoms with Crippen molar-refractivity contribution in [2.45, 2.75) is 6.04 Å². The van der Waals surface area contributed by atoms with E-state index < -0.39 is 11.0 Å². The van der Waals surface area contributed by atoms with Gasteiger partial charge in [0.25, 0.3) is 5.69 Å². The molecule has 0 aliphatic carbocycles. The lowest BCUT2D eigenvalue weighted by atomic mass is 9.95. The van der Waals surface area contributed by atoms with Gasteiger partial charge in [0.2, 0.25) is 0 Å². The van der Waals surface area contributed by atoms with E-state index in [0.717, 1.165) is 5.39 Å². The number of para-hydroxylation sites is 1. The van der Waals surface area contributed by atoms with Crippen LogP contribution in [0.25, 0.3) is 10.9 Å². The number of nitro groups is 1. The summed E-state index contributed by atoms with van der Waals surface area (Å²) in [5.41, 5.74) is 1.29. The fourth-order valence-corrected chi connectivity index (χ4v) is 3.20. The van der Waals surface area contributed by atoms with Gasteiger partial charge in [-0.3, -0.25) is 15.1 Å². The van der Waals surface area contributed by atoms with Crippen LogP contribution in [0.1, 0.15) is 17.2 Å². The lowest BCUT2D eigenvalue weighted by Gasteiger charge is -2.21. The number of nitrogens with one attached hydrogen (secondary N) is 1. The third-order valence-electron chi connectivity index (χ3n) is 4.49. The summed E-state index contributed by atoms with van der Waals surface area (Å²) in [6.45, 7) is 0. The molecule has 2 N–H and O–H groups in total. The van der Waals surface area contributed by atoms with Crippen LogP contribution in [0, 0.1) is 10.1 Å². The number of benzene rings is 2. The number of hydrogen-bond donors (Lipinski definition) is 2. The number of aromatic hydroxyl groups is 1. The van der Waals surface area contributed by atoms with Gasteiger partial charge < -0.3 is 10.4 Å². The van der Waals surface area contributed by atoms with Gasteiger partial charge in [0, 0.05) is 29.4 Å². The van der Waals surface area contributed by atoms with Gasteiger partial charge in [0.1, 0.15) is 17.1 Å². The molecule has 0 spiro atoms. The number of nitro benzene ring substituents is 1. The van der Waals surface area contributed by atoms with Gasteiger partial charge in [-0.05, 0) is 24.3 Å². The van der Waals surface area contributed by atoms with E-state index in [-0.39, 0.29) is 11.4 Å². The maximum absolute atomic E-state index is 11.6. The van der Waals surface area contributed by atoms with Crippen LogP contribution < -0.4 is 5.32 Å². The highest BCUT2D eigenvalue weighted by Crippen LogP contribution is 2.38. The number of hydrogen-bond acceptors (Lipinski definition) is 6. The second kappa shape index (κ2) is 7.32. The molecular formula is C21H16N4O3. The van der Waals surface area contributed by atoms with Gasteiger partial charge in [-0.25, -0.2) is 4.98 Å².